The molecular formula is C19H23NO3S. The molecule has 2 aromatic carbocycles. The molecule has 2 aromatic rings. The molecular weight excluding hydrogens is 322 g/mol. The lowest BCUT2D eigenvalue weighted by Crippen LogP contribution is -2.15. The van der Waals surface area contributed by atoms with Gasteiger partial charge in [-0.3, -0.25) is 0 Å². The zero-order valence-electron chi connectivity index (χ0n) is 14.5. The highest BCUT2D eigenvalue weighted by Crippen LogP contribution is 2.27. The second-order valence-electron chi connectivity index (χ2n) is 5.58. The van der Waals surface area contributed by atoms with Gasteiger partial charge in [0.05, 0.1) is 12.7 Å². The quantitative estimate of drug-likeness (QED) is 0.612. The maximum absolute atomic E-state index is 5.91. The van der Waals surface area contributed by atoms with Gasteiger partial charge >= 0.3 is 0 Å². The third kappa shape index (κ3) is 4.17. The lowest BCUT2D eigenvalue weighted by Gasteiger charge is -2.15. The third-order valence-electron chi connectivity index (χ3n) is 3.92. The molecule has 0 spiro atoms. The van der Waals surface area contributed by atoms with Crippen molar-refractivity contribution < 1.29 is 14.2 Å². The zero-order chi connectivity index (χ0) is 17.7. The van der Waals surface area contributed by atoms with Crippen LogP contribution in [0.5, 0.6) is 17.2 Å². The average Bonchev–Trinajstić information content (AvgIpc) is 2.57. The summed E-state index contributed by atoms with van der Waals surface area (Å²) in [5.41, 5.74) is 9.90. The first-order valence-electron chi connectivity index (χ1n) is 7.74. The fourth-order valence-electron chi connectivity index (χ4n) is 2.40. The first kappa shape index (κ1) is 18.1. The molecule has 0 fully saturated rings. The molecule has 0 radical (unpaired) electrons. The van der Waals surface area contributed by atoms with Gasteiger partial charge in [0, 0.05) is 6.07 Å². The van der Waals surface area contributed by atoms with Gasteiger partial charge in [-0.2, -0.15) is 0 Å². The Morgan fingerprint density at radius 2 is 1.67 bits per heavy atom. The monoisotopic (exact) mass is 345 g/mol. The van der Waals surface area contributed by atoms with E-state index in [1.807, 2.05) is 6.92 Å². The maximum Gasteiger partial charge on any atom is 0.133 e. The van der Waals surface area contributed by atoms with Gasteiger partial charge < -0.3 is 19.9 Å². The van der Waals surface area contributed by atoms with E-state index < -0.39 is 0 Å². The third-order valence-corrected chi connectivity index (χ3v) is 4.14. The lowest BCUT2D eigenvalue weighted by atomic mass is 10.1. The Balaban J connectivity index is 2.03. The van der Waals surface area contributed by atoms with Crippen LogP contribution in [0.1, 0.15) is 22.3 Å². The second-order valence-corrected chi connectivity index (χ2v) is 6.02. The van der Waals surface area contributed by atoms with Gasteiger partial charge in [-0.25, -0.2) is 0 Å². The Bertz CT molecular complexity index is 744. The first-order chi connectivity index (χ1) is 11.4. The Morgan fingerprint density at radius 1 is 1.00 bits per heavy atom. The predicted octanol–water partition coefficient (Wildman–Crippen LogP) is 3.71. The number of hydrogen-bond donors (Lipinski definition) is 1. The van der Waals surface area contributed by atoms with Crippen molar-refractivity contribution >= 4 is 17.2 Å². The van der Waals surface area contributed by atoms with E-state index in [1.54, 1.807) is 25.3 Å². The number of benzene rings is 2. The SMILES string of the molecule is COc1ccc(C(N)=S)c(OCCOc2c(C)ccc(C)c2C)c1. The summed E-state index contributed by atoms with van der Waals surface area (Å²) in [6.45, 7) is 6.98. The highest BCUT2D eigenvalue weighted by atomic mass is 32.1. The predicted molar refractivity (Wildman–Crippen MR) is 101 cm³/mol. The number of methoxy groups -OCH3 is 1. The minimum Gasteiger partial charge on any atom is -0.497 e. The first-order valence-corrected chi connectivity index (χ1v) is 8.15. The van der Waals surface area contributed by atoms with Crippen molar-refractivity contribution in [1.82, 2.24) is 0 Å². The number of thiocarbonyl (C=S) groups is 1. The molecule has 0 saturated carbocycles. The van der Waals surface area contributed by atoms with Gasteiger partial charge in [-0.1, -0.05) is 24.4 Å². The van der Waals surface area contributed by atoms with Crippen LogP contribution in [-0.4, -0.2) is 25.3 Å². The molecule has 0 heterocycles. The van der Waals surface area contributed by atoms with E-state index in [2.05, 4.69) is 26.0 Å². The highest BCUT2D eigenvalue weighted by molar-refractivity contribution is 7.80. The topological polar surface area (TPSA) is 53.7 Å². The fraction of sp³-hybridized carbons (Fsp3) is 0.316. The van der Waals surface area contributed by atoms with Crippen molar-refractivity contribution in [2.45, 2.75) is 20.8 Å². The van der Waals surface area contributed by atoms with E-state index in [4.69, 9.17) is 32.2 Å². The number of aryl methyl sites for hydroxylation is 2. The number of rotatable bonds is 7. The minimum absolute atomic E-state index is 0.291. The molecule has 0 aliphatic rings. The van der Waals surface area contributed by atoms with Gasteiger partial charge in [-0.05, 0) is 49.6 Å². The summed E-state index contributed by atoms with van der Waals surface area (Å²) in [6.07, 6.45) is 0. The zero-order valence-corrected chi connectivity index (χ0v) is 15.3. The Labute approximate surface area is 148 Å². The van der Waals surface area contributed by atoms with Crippen molar-refractivity contribution in [2.24, 2.45) is 5.73 Å². The van der Waals surface area contributed by atoms with Crippen LogP contribution in [0.15, 0.2) is 30.3 Å². The van der Waals surface area contributed by atoms with E-state index in [-0.39, 0.29) is 0 Å². The molecule has 24 heavy (non-hydrogen) atoms. The molecule has 128 valence electrons. The van der Waals surface area contributed by atoms with Gasteiger partial charge in [-0.15, -0.1) is 0 Å². The maximum atomic E-state index is 5.91. The van der Waals surface area contributed by atoms with Crippen LogP contribution in [0.2, 0.25) is 0 Å². The molecule has 4 nitrogen and oxygen atoms in total. The molecule has 0 atom stereocenters. The summed E-state index contributed by atoms with van der Waals surface area (Å²) >= 11 is 5.06. The van der Waals surface area contributed by atoms with E-state index >= 15 is 0 Å². The van der Waals surface area contributed by atoms with Gasteiger partial charge in [0.25, 0.3) is 0 Å². The molecule has 5 heteroatoms. The van der Waals surface area contributed by atoms with Crippen molar-refractivity contribution in [3.05, 3.63) is 52.6 Å². The minimum atomic E-state index is 0.291. The van der Waals surface area contributed by atoms with Crippen LogP contribution in [0.25, 0.3) is 0 Å². The van der Waals surface area contributed by atoms with E-state index in [0.717, 1.165) is 16.9 Å². The van der Waals surface area contributed by atoms with E-state index in [0.29, 0.717) is 35.3 Å². The van der Waals surface area contributed by atoms with Crippen LogP contribution >= 0.6 is 12.2 Å². The van der Waals surface area contributed by atoms with Crippen LogP contribution < -0.4 is 19.9 Å². The molecule has 2 N–H and O–H groups in total. The molecule has 0 saturated heterocycles. The molecule has 0 aliphatic carbocycles. The van der Waals surface area contributed by atoms with E-state index in [9.17, 15) is 0 Å². The Hall–Kier alpha value is -2.27. The standard InChI is InChI=1S/C19H23NO3S/c1-12-5-6-13(2)18(14(12)3)23-10-9-22-17-11-15(21-4)7-8-16(17)19(20)24/h5-8,11H,9-10H2,1-4H3,(H2,20,24). The molecule has 0 amide bonds. The second kappa shape index (κ2) is 8.02. The molecule has 0 bridgehead atoms. The number of ether oxygens (including phenoxy) is 3. The lowest BCUT2D eigenvalue weighted by molar-refractivity contribution is 0.214. The molecule has 0 aliphatic heterocycles. The van der Waals surface area contributed by atoms with Crippen molar-refractivity contribution in [2.75, 3.05) is 20.3 Å². The van der Waals surface area contributed by atoms with Gasteiger partial charge in [0.1, 0.15) is 35.5 Å². The van der Waals surface area contributed by atoms with Crippen molar-refractivity contribution in [1.29, 1.82) is 0 Å². The summed E-state index contributed by atoms with van der Waals surface area (Å²) in [4.78, 5) is 0.291. The normalized spacial score (nSPS) is 10.3. The van der Waals surface area contributed by atoms with Gasteiger partial charge in [0.15, 0.2) is 0 Å². The molecule has 0 aromatic heterocycles. The Kier molecular flexibility index (Phi) is 6.04. The van der Waals surface area contributed by atoms with Gasteiger partial charge in [0.2, 0.25) is 0 Å². The highest BCUT2D eigenvalue weighted by Gasteiger charge is 2.10. The van der Waals surface area contributed by atoms with Crippen LogP contribution in [0.4, 0.5) is 0 Å². The smallest absolute Gasteiger partial charge is 0.133 e. The summed E-state index contributed by atoms with van der Waals surface area (Å²) in [5, 5.41) is 0. The van der Waals surface area contributed by atoms with Crippen LogP contribution in [0, 0.1) is 20.8 Å². The molecule has 0 unspecified atom stereocenters. The fourth-order valence-corrected chi connectivity index (χ4v) is 2.56. The van der Waals surface area contributed by atoms with Crippen molar-refractivity contribution in [3.8, 4) is 17.2 Å². The Morgan fingerprint density at radius 3 is 2.33 bits per heavy atom. The van der Waals surface area contributed by atoms with Crippen LogP contribution in [0.3, 0.4) is 0 Å². The van der Waals surface area contributed by atoms with Crippen molar-refractivity contribution in [3.63, 3.8) is 0 Å². The van der Waals surface area contributed by atoms with E-state index in [1.165, 1.54) is 5.56 Å². The van der Waals surface area contributed by atoms with Crippen LogP contribution in [-0.2, 0) is 0 Å². The summed E-state index contributed by atoms with van der Waals surface area (Å²) < 4.78 is 16.9. The summed E-state index contributed by atoms with van der Waals surface area (Å²) in [5.74, 6) is 2.21. The number of nitrogens with two attached hydrogens (primary N) is 1. The largest absolute Gasteiger partial charge is 0.497 e. The summed E-state index contributed by atoms with van der Waals surface area (Å²) in [6, 6.07) is 9.53. The molecule has 2 rings (SSSR count). The number of hydrogen-bond acceptors (Lipinski definition) is 4. The summed E-state index contributed by atoms with van der Waals surface area (Å²) in [7, 11) is 1.60. The average molecular weight is 345 g/mol.